The third-order valence-corrected chi connectivity index (χ3v) is 6.10. The number of sulfonamides is 1. The number of likely N-dealkylation sites (tertiary alicyclic amines) is 1. The maximum atomic E-state index is 11.5. The largest absolute Gasteiger partial charge is 0.357 e. The summed E-state index contributed by atoms with van der Waals surface area (Å²) in [5.41, 5.74) is 1.41. The molecular formula is C19H32N4O2S. The lowest BCUT2D eigenvalue weighted by Crippen LogP contribution is -2.46. The Labute approximate surface area is 158 Å². The zero-order valence-electron chi connectivity index (χ0n) is 15.9. The van der Waals surface area contributed by atoms with Crippen molar-refractivity contribution in [1.29, 1.82) is 0 Å². The topological polar surface area (TPSA) is 73.8 Å². The lowest BCUT2D eigenvalue weighted by atomic mass is 9.90. The molecule has 1 heterocycles. The van der Waals surface area contributed by atoms with E-state index in [2.05, 4.69) is 57.2 Å². The zero-order chi connectivity index (χ0) is 18.8. The normalized spacial score (nSPS) is 16.7. The van der Waals surface area contributed by atoms with Crippen molar-refractivity contribution in [3.05, 3.63) is 35.9 Å². The van der Waals surface area contributed by atoms with Crippen molar-refractivity contribution < 1.29 is 8.42 Å². The summed E-state index contributed by atoms with van der Waals surface area (Å²) < 4.78 is 25.5. The summed E-state index contributed by atoms with van der Waals surface area (Å²) in [6.07, 6.45) is 3.45. The van der Waals surface area contributed by atoms with Crippen LogP contribution in [0.25, 0.3) is 0 Å². The van der Waals surface area contributed by atoms with E-state index in [0.717, 1.165) is 44.9 Å². The van der Waals surface area contributed by atoms with Gasteiger partial charge in [-0.2, -0.15) is 0 Å². The Balaban J connectivity index is 1.82. The van der Waals surface area contributed by atoms with E-state index in [-0.39, 0.29) is 5.75 Å². The number of benzene rings is 1. The predicted octanol–water partition coefficient (Wildman–Crippen LogP) is 1.85. The van der Waals surface area contributed by atoms with Crippen LogP contribution >= 0.6 is 0 Å². The minimum atomic E-state index is -3.14. The molecule has 0 aromatic heterocycles. The summed E-state index contributed by atoms with van der Waals surface area (Å²) in [5, 5.41) is 3.33. The first-order chi connectivity index (χ1) is 12.5. The molecule has 2 N–H and O–H groups in total. The van der Waals surface area contributed by atoms with E-state index in [0.29, 0.717) is 19.0 Å². The number of piperidine rings is 1. The van der Waals surface area contributed by atoms with Gasteiger partial charge in [0.15, 0.2) is 5.96 Å². The fourth-order valence-corrected chi connectivity index (χ4v) is 3.79. The van der Waals surface area contributed by atoms with Crippen molar-refractivity contribution in [3.63, 3.8) is 0 Å². The molecule has 1 fully saturated rings. The lowest BCUT2D eigenvalue weighted by Gasteiger charge is -2.34. The fourth-order valence-electron chi connectivity index (χ4n) is 3.19. The predicted molar refractivity (Wildman–Crippen MR) is 108 cm³/mol. The number of aliphatic imine (C=N–C) groups is 1. The van der Waals surface area contributed by atoms with Crippen LogP contribution in [0.3, 0.4) is 0 Å². The van der Waals surface area contributed by atoms with E-state index < -0.39 is 10.0 Å². The second kappa shape index (κ2) is 10.5. The average Bonchev–Trinajstić information content (AvgIpc) is 2.66. The van der Waals surface area contributed by atoms with Crippen molar-refractivity contribution in [2.24, 2.45) is 10.9 Å². The van der Waals surface area contributed by atoms with Crippen LogP contribution in [0.5, 0.6) is 0 Å². The van der Waals surface area contributed by atoms with Crippen molar-refractivity contribution in [1.82, 2.24) is 14.9 Å². The van der Waals surface area contributed by atoms with Gasteiger partial charge >= 0.3 is 0 Å². The molecule has 1 saturated heterocycles. The molecule has 1 aromatic carbocycles. The number of rotatable bonds is 8. The van der Waals surface area contributed by atoms with Crippen LogP contribution in [-0.4, -0.2) is 57.8 Å². The monoisotopic (exact) mass is 380 g/mol. The van der Waals surface area contributed by atoms with Gasteiger partial charge in [-0.1, -0.05) is 30.3 Å². The molecule has 26 heavy (non-hydrogen) atoms. The Morgan fingerprint density at radius 2 is 1.88 bits per heavy atom. The molecule has 0 saturated carbocycles. The van der Waals surface area contributed by atoms with Gasteiger partial charge in [-0.15, -0.1) is 0 Å². The van der Waals surface area contributed by atoms with E-state index >= 15 is 0 Å². The van der Waals surface area contributed by atoms with Gasteiger partial charge in [-0.3, -0.25) is 4.99 Å². The smallest absolute Gasteiger partial charge is 0.211 e. The summed E-state index contributed by atoms with van der Waals surface area (Å²) in [4.78, 5) is 6.88. The quantitative estimate of drug-likeness (QED) is 0.410. The van der Waals surface area contributed by atoms with Crippen LogP contribution in [0.1, 0.15) is 32.3 Å². The van der Waals surface area contributed by atoms with Gasteiger partial charge in [0, 0.05) is 26.2 Å². The molecule has 146 valence electrons. The van der Waals surface area contributed by atoms with E-state index in [1.54, 1.807) is 6.92 Å². The molecule has 0 atom stereocenters. The Kier molecular flexibility index (Phi) is 8.38. The minimum Gasteiger partial charge on any atom is -0.357 e. The molecule has 0 aliphatic carbocycles. The van der Waals surface area contributed by atoms with Gasteiger partial charge in [0.2, 0.25) is 10.0 Å². The molecule has 0 unspecified atom stereocenters. The SMILES string of the molecule is CCNC(=NCCNS(=O)(=O)CC)N1CCC(Cc2ccccc2)CC1. The molecule has 6 nitrogen and oxygen atoms in total. The van der Waals surface area contributed by atoms with Gasteiger partial charge in [-0.25, -0.2) is 13.1 Å². The van der Waals surface area contributed by atoms with Crippen molar-refractivity contribution in [2.45, 2.75) is 33.1 Å². The average molecular weight is 381 g/mol. The maximum absolute atomic E-state index is 11.5. The van der Waals surface area contributed by atoms with Crippen LogP contribution in [-0.2, 0) is 16.4 Å². The summed E-state index contributed by atoms with van der Waals surface area (Å²) in [5.74, 6) is 1.71. The highest BCUT2D eigenvalue weighted by atomic mass is 32.2. The number of hydrogen-bond acceptors (Lipinski definition) is 3. The number of nitrogens with one attached hydrogen (secondary N) is 2. The second-order valence-electron chi connectivity index (χ2n) is 6.65. The van der Waals surface area contributed by atoms with Crippen molar-refractivity contribution in [2.75, 3.05) is 38.5 Å². The molecule has 0 amide bonds. The highest BCUT2D eigenvalue weighted by Gasteiger charge is 2.21. The van der Waals surface area contributed by atoms with Gasteiger partial charge in [0.1, 0.15) is 0 Å². The molecule has 7 heteroatoms. The molecule has 1 aliphatic heterocycles. The third-order valence-electron chi connectivity index (χ3n) is 4.69. The molecule has 1 aliphatic rings. The van der Waals surface area contributed by atoms with E-state index in [9.17, 15) is 8.42 Å². The Hall–Kier alpha value is -1.60. The van der Waals surface area contributed by atoms with E-state index in [1.807, 2.05) is 0 Å². The third kappa shape index (κ3) is 6.96. The van der Waals surface area contributed by atoms with Crippen LogP contribution in [0.4, 0.5) is 0 Å². The summed E-state index contributed by atoms with van der Waals surface area (Å²) in [7, 11) is -3.14. The number of guanidine groups is 1. The molecule has 0 spiro atoms. The molecule has 0 radical (unpaired) electrons. The van der Waals surface area contributed by atoms with Gasteiger partial charge in [0.25, 0.3) is 0 Å². The summed E-state index contributed by atoms with van der Waals surface area (Å²) in [6.45, 7) is 7.27. The van der Waals surface area contributed by atoms with E-state index in [1.165, 1.54) is 5.56 Å². The Morgan fingerprint density at radius 3 is 2.50 bits per heavy atom. The second-order valence-corrected chi connectivity index (χ2v) is 8.75. The zero-order valence-corrected chi connectivity index (χ0v) is 16.8. The molecule has 0 bridgehead atoms. The Morgan fingerprint density at radius 1 is 1.19 bits per heavy atom. The first-order valence-corrected chi connectivity index (χ1v) is 11.2. The van der Waals surface area contributed by atoms with Crippen LogP contribution in [0.15, 0.2) is 35.3 Å². The number of hydrogen-bond donors (Lipinski definition) is 2. The van der Waals surface area contributed by atoms with Crippen molar-refractivity contribution >= 4 is 16.0 Å². The van der Waals surface area contributed by atoms with Crippen molar-refractivity contribution in [3.8, 4) is 0 Å². The standard InChI is InChI=1S/C19H32N4O2S/c1-3-20-19(21-12-13-22-26(24,25)4-2)23-14-10-18(11-15-23)16-17-8-6-5-7-9-17/h5-9,18,22H,3-4,10-16H2,1-2H3,(H,20,21). The fraction of sp³-hybridized carbons (Fsp3) is 0.632. The van der Waals surface area contributed by atoms with Crippen LogP contribution < -0.4 is 10.0 Å². The molecular weight excluding hydrogens is 348 g/mol. The van der Waals surface area contributed by atoms with E-state index in [4.69, 9.17) is 0 Å². The molecule has 1 aromatic rings. The van der Waals surface area contributed by atoms with Gasteiger partial charge < -0.3 is 10.2 Å². The maximum Gasteiger partial charge on any atom is 0.211 e. The number of nitrogens with zero attached hydrogens (tertiary/aromatic N) is 2. The van der Waals surface area contributed by atoms with Crippen LogP contribution in [0.2, 0.25) is 0 Å². The first kappa shape index (κ1) is 20.7. The first-order valence-electron chi connectivity index (χ1n) is 9.58. The highest BCUT2D eigenvalue weighted by Crippen LogP contribution is 2.21. The Bertz CT molecular complexity index is 653. The van der Waals surface area contributed by atoms with Gasteiger partial charge in [0.05, 0.1) is 12.3 Å². The lowest BCUT2D eigenvalue weighted by molar-refractivity contribution is 0.259. The molecule has 2 rings (SSSR count). The summed E-state index contributed by atoms with van der Waals surface area (Å²) in [6, 6.07) is 10.7. The van der Waals surface area contributed by atoms with Crippen LogP contribution in [0, 0.1) is 5.92 Å². The summed E-state index contributed by atoms with van der Waals surface area (Å²) >= 11 is 0. The van der Waals surface area contributed by atoms with Gasteiger partial charge in [-0.05, 0) is 44.6 Å². The minimum absolute atomic E-state index is 0.103. The highest BCUT2D eigenvalue weighted by molar-refractivity contribution is 7.89.